The minimum Gasteiger partial charge on any atom is -0.313 e. The van der Waals surface area contributed by atoms with E-state index >= 15 is 0 Å². The van der Waals surface area contributed by atoms with Gasteiger partial charge in [-0.25, -0.2) is 0 Å². The van der Waals surface area contributed by atoms with Gasteiger partial charge in [0.1, 0.15) is 0 Å². The van der Waals surface area contributed by atoms with Crippen molar-refractivity contribution in [1.82, 2.24) is 5.32 Å². The van der Waals surface area contributed by atoms with Crippen molar-refractivity contribution in [1.29, 1.82) is 0 Å². The summed E-state index contributed by atoms with van der Waals surface area (Å²) in [5.74, 6) is 0. The van der Waals surface area contributed by atoms with Crippen molar-refractivity contribution in [2.24, 2.45) is 0 Å². The quantitative estimate of drug-likeness (QED) is 0.753. The first-order valence-corrected chi connectivity index (χ1v) is 7.89. The maximum absolute atomic E-state index is 6.02. The van der Waals surface area contributed by atoms with Crippen LogP contribution in [-0.2, 0) is 13.6 Å². The van der Waals surface area contributed by atoms with Crippen molar-refractivity contribution in [2.45, 2.75) is 71.6 Å². The van der Waals surface area contributed by atoms with Gasteiger partial charge in [-0.15, -0.1) is 0 Å². The largest absolute Gasteiger partial charge is 0.332 e. The normalized spacial score (nSPS) is 23.5. The summed E-state index contributed by atoms with van der Waals surface area (Å²) in [5.41, 5.74) is 0.178. The van der Waals surface area contributed by atoms with Gasteiger partial charge in [-0.1, -0.05) is 0 Å². The van der Waals surface area contributed by atoms with E-state index in [0.29, 0.717) is 13.2 Å². The Bertz CT molecular complexity index is 237. The Balaban J connectivity index is 2.58. The van der Waals surface area contributed by atoms with Gasteiger partial charge in [0.05, 0.1) is 19.3 Å². The minimum atomic E-state index is -1.19. The van der Waals surface area contributed by atoms with Crippen LogP contribution in [0.5, 0.6) is 0 Å². The first kappa shape index (κ1) is 16.3. The number of hydrogen-bond donors (Lipinski definition) is 1. The Hall–Kier alpha value is 0.270. The highest BCUT2D eigenvalue weighted by molar-refractivity contribution is 7.41. The zero-order chi connectivity index (χ0) is 13.8. The zero-order valence-electron chi connectivity index (χ0n) is 12.6. The molecule has 0 amide bonds. The molecule has 1 rings (SSSR count). The van der Waals surface area contributed by atoms with Gasteiger partial charge in [0, 0.05) is 11.1 Å². The number of piperidine rings is 1. The predicted octanol–water partition coefficient (Wildman–Crippen LogP) is 3.61. The van der Waals surface area contributed by atoms with E-state index in [4.69, 9.17) is 13.6 Å². The molecule has 0 aromatic heterocycles. The monoisotopic (exact) mass is 277 g/mol. The topological polar surface area (TPSA) is 39.7 Å². The summed E-state index contributed by atoms with van der Waals surface area (Å²) in [6.07, 6.45) is 2.16. The molecule has 1 heterocycles. The molecule has 18 heavy (non-hydrogen) atoms. The fourth-order valence-corrected chi connectivity index (χ4v) is 3.74. The summed E-state index contributed by atoms with van der Waals surface area (Å²) in [4.78, 5) is 0. The molecular weight excluding hydrogens is 249 g/mol. The van der Waals surface area contributed by atoms with Gasteiger partial charge in [-0.3, -0.25) is 0 Å². The van der Waals surface area contributed by atoms with E-state index in [-0.39, 0.29) is 17.2 Å². The smallest absolute Gasteiger partial charge is 0.313 e. The Kier molecular flexibility index (Phi) is 6.01. The standard InChI is InChI=1S/C13H28NO3P/c1-7-15-18(16-8-2)17-11-9-12(3,4)14-13(5,6)10-11/h11,14H,7-10H2,1-6H3. The van der Waals surface area contributed by atoms with Gasteiger partial charge in [-0.2, -0.15) is 0 Å². The molecule has 0 aliphatic carbocycles. The summed E-state index contributed by atoms with van der Waals surface area (Å²) in [7, 11) is -1.19. The lowest BCUT2D eigenvalue weighted by molar-refractivity contribution is 0.0362. The van der Waals surface area contributed by atoms with Crippen molar-refractivity contribution >= 4 is 8.60 Å². The van der Waals surface area contributed by atoms with E-state index in [2.05, 4.69) is 33.0 Å². The molecule has 0 radical (unpaired) electrons. The summed E-state index contributed by atoms with van der Waals surface area (Å²) in [6.45, 7) is 14.1. The Morgan fingerprint density at radius 3 is 1.83 bits per heavy atom. The first-order chi connectivity index (χ1) is 8.28. The minimum absolute atomic E-state index is 0.0891. The van der Waals surface area contributed by atoms with Crippen molar-refractivity contribution in [3.8, 4) is 0 Å². The average Bonchev–Trinajstić information content (AvgIpc) is 2.12. The summed E-state index contributed by atoms with van der Waals surface area (Å²) >= 11 is 0. The van der Waals surface area contributed by atoms with Crippen molar-refractivity contribution < 1.29 is 13.6 Å². The van der Waals surface area contributed by atoms with Gasteiger partial charge in [0.15, 0.2) is 0 Å². The molecule has 0 aromatic carbocycles. The molecule has 1 aliphatic rings. The van der Waals surface area contributed by atoms with Crippen LogP contribution >= 0.6 is 8.60 Å². The molecule has 1 aliphatic heterocycles. The second-order valence-corrected chi connectivity index (χ2v) is 7.26. The molecule has 108 valence electrons. The molecule has 0 atom stereocenters. The lowest BCUT2D eigenvalue weighted by Crippen LogP contribution is -2.59. The molecule has 0 aromatic rings. The Morgan fingerprint density at radius 2 is 1.44 bits per heavy atom. The molecule has 1 saturated heterocycles. The number of hydrogen-bond acceptors (Lipinski definition) is 4. The zero-order valence-corrected chi connectivity index (χ0v) is 13.5. The van der Waals surface area contributed by atoms with E-state index in [0.717, 1.165) is 12.8 Å². The highest BCUT2D eigenvalue weighted by Crippen LogP contribution is 2.44. The summed E-state index contributed by atoms with van der Waals surface area (Å²) < 4.78 is 17.1. The molecule has 0 saturated carbocycles. The van der Waals surface area contributed by atoms with E-state index in [1.54, 1.807) is 0 Å². The highest BCUT2D eigenvalue weighted by Gasteiger charge is 2.39. The van der Waals surface area contributed by atoms with Gasteiger partial charge in [0.25, 0.3) is 0 Å². The van der Waals surface area contributed by atoms with Crippen LogP contribution in [0.2, 0.25) is 0 Å². The Morgan fingerprint density at radius 1 is 1.00 bits per heavy atom. The third-order valence-corrected chi connectivity index (χ3v) is 4.27. The van der Waals surface area contributed by atoms with E-state index < -0.39 is 8.60 Å². The molecule has 1 fully saturated rings. The maximum Gasteiger partial charge on any atom is 0.332 e. The number of rotatable bonds is 6. The lowest BCUT2D eigenvalue weighted by Gasteiger charge is -2.46. The third kappa shape index (κ3) is 5.50. The van der Waals surface area contributed by atoms with Crippen LogP contribution in [0.25, 0.3) is 0 Å². The molecule has 0 bridgehead atoms. The van der Waals surface area contributed by atoms with Gasteiger partial charge >= 0.3 is 8.60 Å². The SMILES string of the molecule is CCOP(OCC)OC1CC(C)(C)NC(C)(C)C1. The van der Waals surface area contributed by atoms with Gasteiger partial charge in [-0.05, 0) is 54.4 Å². The van der Waals surface area contributed by atoms with Crippen LogP contribution in [0.1, 0.15) is 54.4 Å². The lowest BCUT2D eigenvalue weighted by atomic mass is 9.81. The summed E-state index contributed by atoms with van der Waals surface area (Å²) in [5, 5.41) is 3.64. The predicted molar refractivity (Wildman–Crippen MR) is 75.6 cm³/mol. The van der Waals surface area contributed by atoms with Crippen molar-refractivity contribution in [2.75, 3.05) is 13.2 Å². The molecular formula is C13H28NO3P. The molecule has 0 spiro atoms. The maximum atomic E-state index is 6.02. The van der Waals surface area contributed by atoms with Crippen LogP contribution in [-0.4, -0.2) is 30.4 Å². The fraction of sp³-hybridized carbons (Fsp3) is 1.00. The van der Waals surface area contributed by atoms with Gasteiger partial charge in [0.2, 0.25) is 0 Å². The molecule has 1 N–H and O–H groups in total. The van der Waals surface area contributed by atoms with Crippen LogP contribution in [0.15, 0.2) is 0 Å². The van der Waals surface area contributed by atoms with Gasteiger partial charge < -0.3 is 18.9 Å². The van der Waals surface area contributed by atoms with Crippen LogP contribution in [0.3, 0.4) is 0 Å². The van der Waals surface area contributed by atoms with Crippen LogP contribution < -0.4 is 5.32 Å². The van der Waals surface area contributed by atoms with E-state index in [1.165, 1.54) is 0 Å². The van der Waals surface area contributed by atoms with E-state index in [1.807, 2.05) is 13.8 Å². The van der Waals surface area contributed by atoms with Crippen molar-refractivity contribution in [3.05, 3.63) is 0 Å². The Labute approximate surface area is 113 Å². The van der Waals surface area contributed by atoms with Crippen LogP contribution in [0, 0.1) is 0 Å². The molecule has 4 nitrogen and oxygen atoms in total. The second-order valence-electron chi connectivity index (χ2n) is 6.09. The molecule has 0 unspecified atom stereocenters. The second kappa shape index (κ2) is 6.62. The van der Waals surface area contributed by atoms with E-state index in [9.17, 15) is 0 Å². The molecule has 5 heteroatoms. The highest BCUT2D eigenvalue weighted by atomic mass is 31.2. The van der Waals surface area contributed by atoms with Crippen molar-refractivity contribution in [3.63, 3.8) is 0 Å². The first-order valence-electron chi connectivity index (χ1n) is 6.80. The van der Waals surface area contributed by atoms with Crippen LogP contribution in [0.4, 0.5) is 0 Å². The summed E-state index contributed by atoms with van der Waals surface area (Å²) in [6, 6.07) is 0. The third-order valence-electron chi connectivity index (χ3n) is 2.86. The number of nitrogens with one attached hydrogen (secondary N) is 1. The average molecular weight is 277 g/mol. The fourth-order valence-electron chi connectivity index (χ4n) is 2.73.